The van der Waals surface area contributed by atoms with Crippen molar-refractivity contribution in [3.05, 3.63) is 70.4 Å². The van der Waals surface area contributed by atoms with Crippen LogP contribution in [0.4, 0.5) is 0 Å². The number of benzene rings is 2. The predicted molar refractivity (Wildman–Crippen MR) is 124 cm³/mol. The number of allylic oxidation sites excluding steroid dienone is 1. The lowest BCUT2D eigenvalue weighted by atomic mass is 9.97. The third-order valence-electron chi connectivity index (χ3n) is 5.48. The molecule has 31 heavy (non-hydrogen) atoms. The first-order chi connectivity index (χ1) is 14.9. The summed E-state index contributed by atoms with van der Waals surface area (Å²) < 4.78 is 5.70. The summed E-state index contributed by atoms with van der Waals surface area (Å²) >= 11 is 0. The van der Waals surface area contributed by atoms with Crippen LogP contribution in [0.2, 0.25) is 0 Å². The van der Waals surface area contributed by atoms with Gasteiger partial charge in [-0.2, -0.15) is 5.26 Å². The molecule has 1 aliphatic carbocycles. The maximum absolute atomic E-state index is 10.7. The van der Waals surface area contributed by atoms with Gasteiger partial charge in [0.2, 0.25) is 0 Å². The molecule has 2 aromatic rings. The van der Waals surface area contributed by atoms with Crippen molar-refractivity contribution < 1.29 is 9.53 Å². The van der Waals surface area contributed by atoms with Crippen molar-refractivity contribution in [3.63, 3.8) is 0 Å². The van der Waals surface area contributed by atoms with E-state index in [-0.39, 0.29) is 12.1 Å². The Kier molecular flexibility index (Phi) is 7.38. The van der Waals surface area contributed by atoms with Gasteiger partial charge in [-0.3, -0.25) is 4.99 Å². The van der Waals surface area contributed by atoms with Gasteiger partial charge in [-0.15, -0.1) is 0 Å². The van der Waals surface area contributed by atoms with E-state index in [2.05, 4.69) is 41.5 Å². The fraction of sp³-hybridized carbons (Fsp3) is 0.346. The summed E-state index contributed by atoms with van der Waals surface area (Å²) in [5, 5.41) is 12.8. The number of nitriles is 1. The van der Waals surface area contributed by atoms with Gasteiger partial charge >= 0.3 is 0 Å². The van der Waals surface area contributed by atoms with Gasteiger partial charge in [0.25, 0.3) is 0 Å². The minimum atomic E-state index is 0.0131. The normalized spacial score (nSPS) is 16.2. The number of rotatable bonds is 8. The fourth-order valence-electron chi connectivity index (χ4n) is 3.96. The number of nitrogens with zero attached hydrogens (tertiary/aromatic N) is 2. The van der Waals surface area contributed by atoms with Crippen LogP contribution in [0, 0.1) is 11.3 Å². The van der Waals surface area contributed by atoms with Crippen molar-refractivity contribution in [3.8, 4) is 11.8 Å². The number of nitrogens with one attached hydrogen (secondary N) is 1. The van der Waals surface area contributed by atoms with Crippen LogP contribution in [0.1, 0.15) is 68.0 Å². The lowest BCUT2D eigenvalue weighted by molar-refractivity contribution is -0.107. The number of carbonyl (C=O) groups is 1. The van der Waals surface area contributed by atoms with Crippen LogP contribution in [0.3, 0.4) is 0 Å². The summed E-state index contributed by atoms with van der Waals surface area (Å²) in [4.78, 5) is 15.4. The summed E-state index contributed by atoms with van der Waals surface area (Å²) in [5.41, 5.74) is 7.13. The zero-order valence-corrected chi connectivity index (χ0v) is 18.6. The molecular formula is C26H29N3O2. The molecule has 160 valence electrons. The topological polar surface area (TPSA) is 74.5 Å². The largest absolute Gasteiger partial charge is 0.490 e. The number of carbonyl (C=O) groups excluding carboxylic acids is 1. The minimum absolute atomic E-state index is 0.0131. The Balaban J connectivity index is 1.84. The molecule has 0 aromatic heterocycles. The molecule has 0 spiro atoms. The van der Waals surface area contributed by atoms with Crippen LogP contribution in [0.15, 0.2) is 47.6 Å². The van der Waals surface area contributed by atoms with Crippen molar-refractivity contribution in [1.82, 2.24) is 5.32 Å². The van der Waals surface area contributed by atoms with Gasteiger partial charge in [0, 0.05) is 18.0 Å². The summed E-state index contributed by atoms with van der Waals surface area (Å²) in [6.45, 7) is 8.27. The highest BCUT2D eigenvalue weighted by Crippen LogP contribution is 2.35. The Morgan fingerprint density at radius 1 is 1.32 bits per heavy atom. The summed E-state index contributed by atoms with van der Waals surface area (Å²) in [7, 11) is 0. The van der Waals surface area contributed by atoms with Crippen LogP contribution in [-0.2, 0) is 11.2 Å². The quantitative estimate of drug-likeness (QED) is 0.487. The van der Waals surface area contributed by atoms with E-state index in [0.717, 1.165) is 36.0 Å². The van der Waals surface area contributed by atoms with Gasteiger partial charge in [-0.25, -0.2) is 0 Å². The van der Waals surface area contributed by atoms with E-state index in [0.29, 0.717) is 17.9 Å². The molecule has 2 aromatic carbocycles. The van der Waals surface area contributed by atoms with E-state index in [1.54, 1.807) is 0 Å². The van der Waals surface area contributed by atoms with E-state index < -0.39 is 0 Å². The third kappa shape index (κ3) is 5.28. The monoisotopic (exact) mass is 415 g/mol. The van der Waals surface area contributed by atoms with Crippen molar-refractivity contribution in [1.29, 1.82) is 5.26 Å². The van der Waals surface area contributed by atoms with E-state index in [9.17, 15) is 10.1 Å². The molecule has 0 aliphatic heterocycles. The Labute approximate surface area is 184 Å². The molecule has 0 amide bonds. The molecular weight excluding hydrogens is 386 g/mol. The van der Waals surface area contributed by atoms with Gasteiger partial charge in [0.05, 0.1) is 18.2 Å². The molecule has 1 N–H and O–H groups in total. The number of hydrogen-bond donors (Lipinski definition) is 1. The third-order valence-corrected chi connectivity index (χ3v) is 5.48. The second-order valence-electron chi connectivity index (χ2n) is 8.06. The van der Waals surface area contributed by atoms with Gasteiger partial charge in [-0.05, 0) is 86.6 Å². The maximum Gasteiger partial charge on any atom is 0.137 e. The summed E-state index contributed by atoms with van der Waals surface area (Å²) in [6.07, 6.45) is 4.79. The summed E-state index contributed by atoms with van der Waals surface area (Å²) in [6, 6.07) is 14.4. The van der Waals surface area contributed by atoms with E-state index >= 15 is 0 Å². The first-order valence-electron chi connectivity index (χ1n) is 10.7. The Morgan fingerprint density at radius 2 is 2.13 bits per heavy atom. The SMILES string of the molecule is CC(=N/C=C(\C)c1cccc2c1CCC2NCC=O)c1ccc(OC(C)C)c(C#N)c1. The van der Waals surface area contributed by atoms with Gasteiger partial charge < -0.3 is 14.8 Å². The molecule has 0 bridgehead atoms. The second-order valence-corrected chi connectivity index (χ2v) is 8.06. The first kappa shape index (κ1) is 22.5. The fourth-order valence-corrected chi connectivity index (χ4v) is 3.96. The molecule has 0 saturated carbocycles. The zero-order valence-electron chi connectivity index (χ0n) is 18.6. The number of aliphatic imine (C=N–C) groups is 1. The van der Waals surface area contributed by atoms with E-state index in [4.69, 9.17) is 4.74 Å². The van der Waals surface area contributed by atoms with Gasteiger partial charge in [-0.1, -0.05) is 18.2 Å². The summed E-state index contributed by atoms with van der Waals surface area (Å²) in [5.74, 6) is 0.596. The highest BCUT2D eigenvalue weighted by molar-refractivity contribution is 5.99. The second kappa shape index (κ2) is 10.2. The maximum atomic E-state index is 10.7. The number of hydrogen-bond acceptors (Lipinski definition) is 5. The molecule has 0 fully saturated rings. The number of aldehydes is 1. The lowest BCUT2D eigenvalue weighted by Crippen LogP contribution is -2.21. The van der Waals surface area contributed by atoms with E-state index in [1.807, 2.05) is 45.2 Å². The molecule has 0 radical (unpaired) electrons. The lowest BCUT2D eigenvalue weighted by Gasteiger charge is -2.13. The Morgan fingerprint density at radius 3 is 2.84 bits per heavy atom. The standard InChI is InChI=1S/C26H29N3O2/c1-17(2)31-26-11-8-20(14-21(26)15-27)19(4)29-16-18(3)22-6-5-7-24-23(22)9-10-25(24)28-12-13-30/h5-8,11,13-14,16-17,25,28H,9-10,12H2,1-4H3/b18-16+,29-19?. The molecule has 5 nitrogen and oxygen atoms in total. The smallest absolute Gasteiger partial charge is 0.137 e. The van der Waals surface area contributed by atoms with Crippen LogP contribution in [-0.4, -0.2) is 24.6 Å². The average molecular weight is 416 g/mol. The number of ether oxygens (including phenoxy) is 1. The molecule has 1 aliphatic rings. The van der Waals surface area contributed by atoms with Gasteiger partial charge in [0.15, 0.2) is 0 Å². The predicted octanol–water partition coefficient (Wildman–Crippen LogP) is 4.99. The van der Waals surface area contributed by atoms with Crippen LogP contribution < -0.4 is 10.1 Å². The molecule has 3 rings (SSSR count). The highest BCUT2D eigenvalue weighted by Gasteiger charge is 2.24. The van der Waals surface area contributed by atoms with Crippen LogP contribution in [0.25, 0.3) is 5.57 Å². The van der Waals surface area contributed by atoms with Crippen molar-refractivity contribution in [2.75, 3.05) is 6.54 Å². The highest BCUT2D eigenvalue weighted by atomic mass is 16.5. The number of fused-ring (bicyclic) bond motifs is 1. The first-order valence-corrected chi connectivity index (χ1v) is 10.7. The Hall–Kier alpha value is -3.23. The molecule has 1 unspecified atom stereocenters. The van der Waals surface area contributed by atoms with E-state index in [1.165, 1.54) is 16.7 Å². The van der Waals surface area contributed by atoms with Gasteiger partial charge in [0.1, 0.15) is 18.1 Å². The Bertz CT molecular complexity index is 1060. The van der Waals surface area contributed by atoms with Crippen molar-refractivity contribution in [2.24, 2.45) is 4.99 Å². The zero-order chi connectivity index (χ0) is 22.4. The van der Waals surface area contributed by atoms with Crippen LogP contribution in [0.5, 0.6) is 5.75 Å². The molecule has 1 atom stereocenters. The molecule has 0 saturated heterocycles. The van der Waals surface area contributed by atoms with Crippen molar-refractivity contribution >= 4 is 17.6 Å². The average Bonchev–Trinajstić information content (AvgIpc) is 3.18. The molecule has 0 heterocycles. The van der Waals surface area contributed by atoms with Crippen LogP contribution >= 0.6 is 0 Å². The minimum Gasteiger partial charge on any atom is -0.490 e. The van der Waals surface area contributed by atoms with Crippen molar-refractivity contribution in [2.45, 2.75) is 52.7 Å². The molecule has 5 heteroatoms.